The molecule has 9 heteroatoms. The van der Waals surface area contributed by atoms with Gasteiger partial charge in [-0.25, -0.2) is 24.3 Å². The van der Waals surface area contributed by atoms with Crippen molar-refractivity contribution in [2.45, 2.75) is 33.2 Å². The highest BCUT2D eigenvalue weighted by atomic mass is 19.1. The number of aromatic nitrogens is 6. The minimum absolute atomic E-state index is 0.229. The van der Waals surface area contributed by atoms with Crippen molar-refractivity contribution in [3.63, 3.8) is 0 Å². The lowest BCUT2D eigenvalue weighted by Crippen LogP contribution is -2.29. The van der Waals surface area contributed by atoms with E-state index in [1.54, 1.807) is 10.9 Å². The standard InChI is InChI=1S/C24H22FN7O/c1-4-17(30-22-20-21(27-11-26-20)28-12-29-22)23-31-18-9-8-15(25)10-16(18)24(33)32(23)19-7-5-6-13(2)14(19)3/h5-12,17H,4H2,1-3H3,(H2,26,27,28,29,30). The van der Waals surface area contributed by atoms with Crippen molar-refractivity contribution in [1.29, 1.82) is 0 Å². The average Bonchev–Trinajstić information content (AvgIpc) is 3.30. The van der Waals surface area contributed by atoms with E-state index in [0.29, 0.717) is 40.4 Å². The lowest BCUT2D eigenvalue weighted by molar-refractivity contribution is 0.628. The van der Waals surface area contributed by atoms with Gasteiger partial charge < -0.3 is 10.3 Å². The molecule has 0 aliphatic rings. The fourth-order valence-corrected chi connectivity index (χ4v) is 4.01. The number of H-pyrrole nitrogens is 1. The summed E-state index contributed by atoms with van der Waals surface area (Å²) in [5, 5.41) is 3.63. The Bertz CT molecular complexity index is 1560. The lowest BCUT2D eigenvalue weighted by atomic mass is 10.1. The van der Waals surface area contributed by atoms with Crippen LogP contribution in [0.25, 0.3) is 27.8 Å². The van der Waals surface area contributed by atoms with Gasteiger partial charge >= 0.3 is 0 Å². The molecular weight excluding hydrogens is 421 g/mol. The maximum absolute atomic E-state index is 14.0. The van der Waals surface area contributed by atoms with Gasteiger partial charge in [-0.1, -0.05) is 19.1 Å². The van der Waals surface area contributed by atoms with E-state index in [2.05, 4.69) is 25.3 Å². The van der Waals surface area contributed by atoms with Crippen molar-refractivity contribution in [3.8, 4) is 5.69 Å². The molecule has 166 valence electrons. The Morgan fingerprint density at radius 1 is 1.15 bits per heavy atom. The fourth-order valence-electron chi connectivity index (χ4n) is 4.01. The van der Waals surface area contributed by atoms with Crippen LogP contribution in [0.1, 0.15) is 36.3 Å². The molecule has 33 heavy (non-hydrogen) atoms. The highest BCUT2D eigenvalue weighted by molar-refractivity contribution is 5.82. The number of hydrogen-bond acceptors (Lipinski definition) is 6. The zero-order valence-corrected chi connectivity index (χ0v) is 18.4. The normalized spacial score (nSPS) is 12.4. The van der Waals surface area contributed by atoms with E-state index in [4.69, 9.17) is 4.98 Å². The number of imidazole rings is 1. The van der Waals surface area contributed by atoms with E-state index in [-0.39, 0.29) is 17.0 Å². The van der Waals surface area contributed by atoms with Gasteiger partial charge in [0.1, 0.15) is 23.5 Å². The molecule has 3 aromatic heterocycles. The van der Waals surface area contributed by atoms with Gasteiger partial charge in [0.25, 0.3) is 5.56 Å². The van der Waals surface area contributed by atoms with Gasteiger partial charge in [0.05, 0.1) is 29.0 Å². The van der Waals surface area contributed by atoms with Crippen LogP contribution in [-0.2, 0) is 0 Å². The number of aryl methyl sites for hydroxylation is 1. The summed E-state index contributed by atoms with van der Waals surface area (Å²) in [7, 11) is 0. The maximum Gasteiger partial charge on any atom is 0.266 e. The fraction of sp³-hybridized carbons (Fsp3) is 0.208. The molecule has 0 saturated carbocycles. The predicted octanol–water partition coefficient (Wildman–Crippen LogP) is 4.37. The molecule has 0 spiro atoms. The molecular formula is C24H22FN7O. The van der Waals surface area contributed by atoms with E-state index < -0.39 is 5.82 Å². The van der Waals surface area contributed by atoms with Crippen LogP contribution in [0.3, 0.4) is 0 Å². The molecule has 0 aliphatic carbocycles. The monoisotopic (exact) mass is 443 g/mol. The minimum atomic E-state index is -0.477. The topological polar surface area (TPSA) is 101 Å². The average molecular weight is 443 g/mol. The summed E-state index contributed by atoms with van der Waals surface area (Å²) < 4.78 is 15.6. The van der Waals surface area contributed by atoms with Crippen LogP contribution >= 0.6 is 0 Å². The van der Waals surface area contributed by atoms with E-state index in [9.17, 15) is 9.18 Å². The zero-order chi connectivity index (χ0) is 23.1. The molecule has 5 rings (SSSR count). The van der Waals surface area contributed by atoms with Crippen molar-refractivity contribution in [2.24, 2.45) is 0 Å². The smallest absolute Gasteiger partial charge is 0.266 e. The third-order valence-electron chi connectivity index (χ3n) is 5.93. The van der Waals surface area contributed by atoms with Gasteiger partial charge in [-0.2, -0.15) is 0 Å². The van der Waals surface area contributed by atoms with E-state index in [1.165, 1.54) is 24.5 Å². The molecule has 0 aliphatic heterocycles. The first-order valence-electron chi connectivity index (χ1n) is 10.7. The van der Waals surface area contributed by atoms with Crippen molar-refractivity contribution >= 4 is 27.9 Å². The van der Waals surface area contributed by atoms with E-state index in [1.807, 2.05) is 39.0 Å². The van der Waals surface area contributed by atoms with Gasteiger partial charge in [0.2, 0.25) is 0 Å². The summed E-state index contributed by atoms with van der Waals surface area (Å²) in [6, 6.07) is 9.49. The highest BCUT2D eigenvalue weighted by Crippen LogP contribution is 2.27. The first-order valence-corrected chi connectivity index (χ1v) is 10.7. The second kappa shape index (κ2) is 8.09. The zero-order valence-electron chi connectivity index (χ0n) is 18.4. The van der Waals surface area contributed by atoms with E-state index >= 15 is 0 Å². The Labute approximate surface area is 188 Å². The number of aromatic amines is 1. The summed E-state index contributed by atoms with van der Waals surface area (Å²) in [6.45, 7) is 5.95. The van der Waals surface area contributed by atoms with Crippen molar-refractivity contribution in [1.82, 2.24) is 29.5 Å². The quantitative estimate of drug-likeness (QED) is 0.418. The number of halogens is 1. The van der Waals surface area contributed by atoms with Crippen LogP contribution in [0.2, 0.25) is 0 Å². The van der Waals surface area contributed by atoms with Crippen molar-refractivity contribution in [3.05, 3.63) is 82.2 Å². The number of anilines is 1. The number of hydrogen-bond donors (Lipinski definition) is 2. The summed E-state index contributed by atoms with van der Waals surface area (Å²) in [6.07, 6.45) is 3.61. The SMILES string of the molecule is CCC(Nc1ncnc2nc[nH]c12)c1nc2ccc(F)cc2c(=O)n1-c1cccc(C)c1C. The van der Waals surface area contributed by atoms with Crippen molar-refractivity contribution < 1.29 is 4.39 Å². The third-order valence-corrected chi connectivity index (χ3v) is 5.93. The van der Waals surface area contributed by atoms with Crippen molar-refractivity contribution in [2.75, 3.05) is 5.32 Å². The van der Waals surface area contributed by atoms with E-state index in [0.717, 1.165) is 11.1 Å². The summed E-state index contributed by atoms with van der Waals surface area (Å²) in [5.41, 5.74) is 4.02. The molecule has 0 bridgehead atoms. The summed E-state index contributed by atoms with van der Waals surface area (Å²) in [4.78, 5) is 34.3. The van der Waals surface area contributed by atoms with Crippen LogP contribution in [-0.4, -0.2) is 29.5 Å². The molecule has 3 heterocycles. The second-order valence-corrected chi connectivity index (χ2v) is 7.92. The Morgan fingerprint density at radius 2 is 2.00 bits per heavy atom. The third kappa shape index (κ3) is 3.51. The van der Waals surface area contributed by atoms with Crippen LogP contribution in [0.15, 0.2) is 53.8 Å². The highest BCUT2D eigenvalue weighted by Gasteiger charge is 2.23. The molecule has 0 radical (unpaired) electrons. The molecule has 8 nitrogen and oxygen atoms in total. The van der Waals surface area contributed by atoms with Crippen LogP contribution < -0.4 is 10.9 Å². The largest absolute Gasteiger partial charge is 0.358 e. The maximum atomic E-state index is 14.0. The Balaban J connectivity index is 1.76. The minimum Gasteiger partial charge on any atom is -0.358 e. The first kappa shape index (κ1) is 20.7. The molecule has 0 amide bonds. The van der Waals surface area contributed by atoms with Gasteiger partial charge in [-0.15, -0.1) is 0 Å². The van der Waals surface area contributed by atoms with Gasteiger partial charge in [-0.05, 0) is 55.7 Å². The summed E-state index contributed by atoms with van der Waals surface area (Å²) >= 11 is 0. The Hall–Kier alpha value is -4.14. The molecule has 0 fully saturated rings. The molecule has 1 atom stereocenters. The Morgan fingerprint density at radius 3 is 2.82 bits per heavy atom. The second-order valence-electron chi connectivity index (χ2n) is 7.92. The Kier molecular flexibility index (Phi) is 5.08. The molecule has 2 aromatic carbocycles. The predicted molar refractivity (Wildman–Crippen MR) is 125 cm³/mol. The van der Waals surface area contributed by atoms with Crippen LogP contribution in [0.4, 0.5) is 10.2 Å². The number of rotatable bonds is 5. The van der Waals surface area contributed by atoms with Gasteiger partial charge in [-0.3, -0.25) is 9.36 Å². The molecule has 0 saturated heterocycles. The first-order chi connectivity index (χ1) is 16.0. The number of fused-ring (bicyclic) bond motifs is 2. The number of benzene rings is 2. The van der Waals surface area contributed by atoms with Gasteiger partial charge in [0.15, 0.2) is 11.5 Å². The van der Waals surface area contributed by atoms with Crippen LogP contribution in [0, 0.1) is 19.7 Å². The molecule has 2 N–H and O–H groups in total. The number of nitrogens with zero attached hydrogens (tertiary/aromatic N) is 5. The number of nitrogens with one attached hydrogen (secondary N) is 2. The molecule has 1 unspecified atom stereocenters. The van der Waals surface area contributed by atoms with Crippen LogP contribution in [0.5, 0.6) is 0 Å². The summed E-state index contributed by atoms with van der Waals surface area (Å²) in [5.74, 6) is 0.598. The lowest BCUT2D eigenvalue weighted by Gasteiger charge is -2.23. The van der Waals surface area contributed by atoms with Gasteiger partial charge in [0, 0.05) is 0 Å². The molecule has 5 aromatic rings.